The van der Waals surface area contributed by atoms with Gasteiger partial charge in [0.15, 0.2) is 5.69 Å². The zero-order valence-electron chi connectivity index (χ0n) is 22.5. The highest BCUT2D eigenvalue weighted by molar-refractivity contribution is 6.21. The fraction of sp³-hybridized carbons (Fsp3) is 0.345. The summed E-state index contributed by atoms with van der Waals surface area (Å²) < 4.78 is 25.2. The summed E-state index contributed by atoms with van der Waals surface area (Å²) in [7, 11) is 0. The first-order chi connectivity index (χ1) is 19.1. The number of aryl methyl sites for hydroxylation is 1. The lowest BCUT2D eigenvalue weighted by atomic mass is 9.75. The number of nitrogens with one attached hydrogen (secondary N) is 3. The van der Waals surface area contributed by atoms with Crippen LogP contribution in [0.4, 0.5) is 10.1 Å². The summed E-state index contributed by atoms with van der Waals surface area (Å²) in [6.45, 7) is 5.55. The van der Waals surface area contributed by atoms with E-state index in [1.165, 1.54) is 12.1 Å². The van der Waals surface area contributed by atoms with Crippen LogP contribution >= 0.6 is 0 Å². The van der Waals surface area contributed by atoms with Crippen LogP contribution in [-0.4, -0.2) is 40.5 Å². The number of fused-ring (bicyclic) bond motifs is 1. The number of halogens is 1. The molecule has 2 amide bonds. The zero-order chi connectivity index (χ0) is 28.6. The first-order valence-electron chi connectivity index (χ1n) is 13.1. The van der Waals surface area contributed by atoms with E-state index < -0.39 is 35.0 Å². The molecule has 11 heteroatoms. The Hall–Kier alpha value is -4.54. The van der Waals surface area contributed by atoms with Crippen molar-refractivity contribution in [3.8, 4) is 5.75 Å². The molecule has 5 rings (SSSR count). The third kappa shape index (κ3) is 5.06. The Morgan fingerprint density at radius 1 is 1.18 bits per heavy atom. The van der Waals surface area contributed by atoms with Gasteiger partial charge in [0.25, 0.3) is 5.91 Å². The average Bonchev–Trinajstić information content (AvgIpc) is 3.51. The van der Waals surface area contributed by atoms with Crippen molar-refractivity contribution in [3.05, 3.63) is 76.5 Å². The Balaban J connectivity index is 1.50. The standard InChI is InChI=1S/C29H31FN6O4/c1-4-21-25(36-40-35-21)27(37)34-26(24-20-13-18(30)7-10-22(20)39-14-29(24)11-12-29)28(38)33-19-8-5-17(6-9-19)23(15(2)31)16(3)32/h5-10,13,24,26,31H,4,11-12,14,32H2,1-3H3,(H,33,38)(H,34,37)/b23-16+,31-15?/t24?,26-/m0/s1. The van der Waals surface area contributed by atoms with Crippen molar-refractivity contribution in [2.75, 3.05) is 11.9 Å². The highest BCUT2D eigenvalue weighted by Crippen LogP contribution is 2.61. The maximum absolute atomic E-state index is 14.5. The molecule has 1 unspecified atom stereocenters. The van der Waals surface area contributed by atoms with Gasteiger partial charge in [-0.25, -0.2) is 9.02 Å². The molecule has 2 aromatic carbocycles. The average molecular weight is 547 g/mol. The van der Waals surface area contributed by atoms with Gasteiger partial charge in [-0.15, -0.1) is 0 Å². The highest BCUT2D eigenvalue weighted by atomic mass is 19.1. The lowest BCUT2D eigenvalue weighted by Gasteiger charge is -2.38. The Kier molecular flexibility index (Phi) is 7.14. The Morgan fingerprint density at radius 3 is 2.52 bits per heavy atom. The van der Waals surface area contributed by atoms with E-state index in [0.29, 0.717) is 52.7 Å². The quantitative estimate of drug-likeness (QED) is 0.309. The molecule has 40 heavy (non-hydrogen) atoms. The van der Waals surface area contributed by atoms with E-state index in [1.54, 1.807) is 44.2 Å². The van der Waals surface area contributed by atoms with E-state index in [9.17, 15) is 14.0 Å². The van der Waals surface area contributed by atoms with E-state index in [1.807, 2.05) is 6.92 Å². The van der Waals surface area contributed by atoms with Crippen LogP contribution in [0.25, 0.3) is 5.57 Å². The molecule has 1 aromatic heterocycles. The van der Waals surface area contributed by atoms with Crippen LogP contribution in [0.15, 0.2) is 52.8 Å². The molecule has 208 valence electrons. The largest absolute Gasteiger partial charge is 0.493 e. The molecule has 1 spiro atoms. The van der Waals surface area contributed by atoms with E-state index in [-0.39, 0.29) is 5.69 Å². The molecule has 2 aliphatic rings. The van der Waals surface area contributed by atoms with Gasteiger partial charge in [-0.3, -0.25) is 9.59 Å². The molecule has 1 aliphatic heterocycles. The van der Waals surface area contributed by atoms with E-state index in [0.717, 1.165) is 18.4 Å². The van der Waals surface area contributed by atoms with Crippen LogP contribution in [0.3, 0.4) is 0 Å². The number of carbonyl (C=O) groups excluding carboxylic acids is 2. The molecule has 5 N–H and O–H groups in total. The Morgan fingerprint density at radius 2 is 1.90 bits per heavy atom. The zero-order valence-corrected chi connectivity index (χ0v) is 22.5. The number of nitrogens with zero attached hydrogens (tertiary/aromatic N) is 2. The molecule has 1 fully saturated rings. The number of nitrogens with two attached hydrogens (primary N) is 1. The van der Waals surface area contributed by atoms with Gasteiger partial charge in [-0.05, 0) is 74.2 Å². The van der Waals surface area contributed by atoms with Crippen molar-refractivity contribution in [3.63, 3.8) is 0 Å². The minimum atomic E-state index is -1.08. The molecule has 1 aliphatic carbocycles. The number of hydrogen-bond donors (Lipinski definition) is 4. The monoisotopic (exact) mass is 546 g/mol. The number of benzene rings is 2. The molecule has 0 saturated heterocycles. The first kappa shape index (κ1) is 27.0. The molecule has 10 nitrogen and oxygen atoms in total. The smallest absolute Gasteiger partial charge is 0.276 e. The minimum Gasteiger partial charge on any atom is -0.493 e. The summed E-state index contributed by atoms with van der Waals surface area (Å²) in [5.41, 5.74) is 9.14. The van der Waals surface area contributed by atoms with Gasteiger partial charge >= 0.3 is 0 Å². The fourth-order valence-electron chi connectivity index (χ4n) is 5.48. The minimum absolute atomic E-state index is 0.000454. The predicted molar refractivity (Wildman–Crippen MR) is 146 cm³/mol. The van der Waals surface area contributed by atoms with E-state index >= 15 is 0 Å². The van der Waals surface area contributed by atoms with Crippen LogP contribution in [0.1, 0.15) is 66.8 Å². The summed E-state index contributed by atoms with van der Waals surface area (Å²) in [4.78, 5) is 27.3. The number of aromatic nitrogens is 2. The first-order valence-corrected chi connectivity index (χ1v) is 13.1. The van der Waals surface area contributed by atoms with E-state index in [2.05, 4.69) is 20.9 Å². The number of amides is 2. The summed E-state index contributed by atoms with van der Waals surface area (Å²) in [5, 5.41) is 21.3. The number of hydrogen-bond acceptors (Lipinski definition) is 8. The van der Waals surface area contributed by atoms with Gasteiger partial charge in [0.05, 0.1) is 6.61 Å². The van der Waals surface area contributed by atoms with Gasteiger partial charge in [0.1, 0.15) is 23.3 Å². The molecule has 2 atom stereocenters. The maximum Gasteiger partial charge on any atom is 0.276 e. The SMILES string of the molecule is CCc1nonc1C(=O)N[C@H](C(=O)Nc1ccc(/C(C(C)=N)=C(\C)N)cc1)C1c2cc(F)ccc2OCC12CC2. The molecule has 0 radical (unpaired) electrons. The number of anilines is 1. The molecular formula is C29H31FN6O4. The Labute approximate surface area is 230 Å². The van der Waals surface area contributed by atoms with Gasteiger partial charge < -0.3 is 26.5 Å². The fourth-order valence-corrected chi connectivity index (χ4v) is 5.48. The van der Waals surface area contributed by atoms with Crippen molar-refractivity contribution in [1.82, 2.24) is 15.6 Å². The third-order valence-electron chi connectivity index (χ3n) is 7.59. The number of ether oxygens (including phenoxy) is 1. The van der Waals surface area contributed by atoms with Crippen molar-refractivity contribution >= 4 is 28.8 Å². The van der Waals surface area contributed by atoms with Crippen molar-refractivity contribution in [1.29, 1.82) is 5.41 Å². The third-order valence-corrected chi connectivity index (χ3v) is 7.59. The summed E-state index contributed by atoms with van der Waals surface area (Å²) in [5.74, 6) is -1.60. The second kappa shape index (κ2) is 10.6. The Bertz CT molecular complexity index is 1500. The molecule has 1 saturated carbocycles. The van der Waals surface area contributed by atoms with Crippen LogP contribution in [0.2, 0.25) is 0 Å². The number of carbonyl (C=O) groups is 2. The van der Waals surface area contributed by atoms with Gasteiger partial charge in [0, 0.05) is 39.6 Å². The number of allylic oxidation sites excluding steroid dienone is 2. The van der Waals surface area contributed by atoms with Gasteiger partial charge in [-0.2, -0.15) is 0 Å². The summed E-state index contributed by atoms with van der Waals surface area (Å²) >= 11 is 0. The predicted octanol–water partition coefficient (Wildman–Crippen LogP) is 4.19. The lowest BCUT2D eigenvalue weighted by molar-refractivity contribution is -0.119. The van der Waals surface area contributed by atoms with Crippen molar-refractivity contribution in [2.24, 2.45) is 11.1 Å². The second-order valence-corrected chi connectivity index (χ2v) is 10.4. The van der Waals surface area contributed by atoms with Crippen molar-refractivity contribution < 1.29 is 23.3 Å². The molecule has 3 aromatic rings. The summed E-state index contributed by atoms with van der Waals surface area (Å²) in [6.07, 6.45) is 1.95. The highest BCUT2D eigenvalue weighted by Gasteiger charge is 2.58. The molecular weight excluding hydrogens is 515 g/mol. The van der Waals surface area contributed by atoms with Crippen LogP contribution in [0.5, 0.6) is 5.75 Å². The van der Waals surface area contributed by atoms with Crippen molar-refractivity contribution in [2.45, 2.75) is 52.0 Å². The maximum atomic E-state index is 14.5. The van der Waals surface area contributed by atoms with E-state index in [4.69, 9.17) is 20.5 Å². The van der Waals surface area contributed by atoms with Gasteiger partial charge in [-0.1, -0.05) is 24.2 Å². The molecule has 0 bridgehead atoms. The van der Waals surface area contributed by atoms with Crippen LogP contribution < -0.4 is 21.1 Å². The van der Waals surface area contributed by atoms with Gasteiger partial charge in [0.2, 0.25) is 5.91 Å². The topological polar surface area (TPSA) is 156 Å². The second-order valence-electron chi connectivity index (χ2n) is 10.4. The lowest BCUT2D eigenvalue weighted by Crippen LogP contribution is -2.52. The van der Waals surface area contributed by atoms with Crippen LogP contribution in [0, 0.1) is 16.6 Å². The summed E-state index contributed by atoms with van der Waals surface area (Å²) in [6, 6.07) is 10.1. The number of rotatable bonds is 8. The van der Waals surface area contributed by atoms with Crippen LogP contribution in [-0.2, 0) is 11.2 Å². The molecule has 2 heterocycles. The normalized spacial score (nSPS) is 18.1.